The van der Waals surface area contributed by atoms with Crippen molar-refractivity contribution in [3.05, 3.63) is 64.7 Å². The van der Waals surface area contributed by atoms with Gasteiger partial charge in [0.25, 0.3) is 0 Å². The molecule has 2 aromatic heterocycles. The smallest absolute Gasteiger partial charge is 0.351 e. The first-order valence-corrected chi connectivity index (χ1v) is 9.66. The van der Waals surface area contributed by atoms with Gasteiger partial charge in [-0.1, -0.05) is 56.2 Å². The van der Waals surface area contributed by atoms with Crippen LogP contribution in [0.3, 0.4) is 0 Å². The van der Waals surface area contributed by atoms with E-state index in [4.69, 9.17) is 9.52 Å². The summed E-state index contributed by atoms with van der Waals surface area (Å²) in [6.07, 6.45) is 8.54. The van der Waals surface area contributed by atoms with Crippen LogP contribution in [0.2, 0.25) is 0 Å². The molecule has 28 heavy (non-hydrogen) atoms. The number of fused-ring (bicyclic) bond motifs is 1. The number of furan rings is 1. The number of benzene rings is 1. The summed E-state index contributed by atoms with van der Waals surface area (Å²) < 4.78 is 7.20. The summed E-state index contributed by atoms with van der Waals surface area (Å²) in [4.78, 5) is 16.1. The van der Waals surface area contributed by atoms with Crippen molar-refractivity contribution in [2.45, 2.75) is 45.3 Å². The van der Waals surface area contributed by atoms with Gasteiger partial charge in [-0.3, -0.25) is 4.57 Å². The summed E-state index contributed by atoms with van der Waals surface area (Å²) in [6, 6.07) is 10.2. The Morgan fingerprint density at radius 2 is 2.04 bits per heavy atom. The van der Waals surface area contributed by atoms with Crippen LogP contribution in [0.1, 0.15) is 31.7 Å². The molecule has 1 unspecified atom stereocenters. The molecule has 0 aliphatic rings. The first-order chi connectivity index (χ1) is 13.6. The quantitative estimate of drug-likeness (QED) is 0.438. The number of allylic oxidation sites excluding steroid dienone is 1. The molecular weight excluding hydrogens is 356 g/mol. The average Bonchev–Trinajstić information content (AvgIpc) is 3.11. The van der Waals surface area contributed by atoms with Crippen LogP contribution in [0, 0.1) is 0 Å². The summed E-state index contributed by atoms with van der Waals surface area (Å²) in [7, 11) is 0. The lowest BCUT2D eigenvalue weighted by Gasteiger charge is -2.02. The summed E-state index contributed by atoms with van der Waals surface area (Å²) >= 11 is 0. The molecule has 0 fully saturated rings. The lowest BCUT2D eigenvalue weighted by atomic mass is 10.0. The Balaban J connectivity index is 1.78. The number of unbranched alkanes of at least 4 members (excludes halogenated alkanes) is 2. The van der Waals surface area contributed by atoms with E-state index in [-0.39, 0.29) is 13.2 Å². The fourth-order valence-corrected chi connectivity index (χ4v) is 3.03. The van der Waals surface area contributed by atoms with Crippen molar-refractivity contribution in [1.82, 2.24) is 9.55 Å². The number of nitrogens with zero attached hydrogens (tertiary/aromatic N) is 2. The molecule has 0 aliphatic carbocycles. The minimum absolute atomic E-state index is 0.256. The van der Waals surface area contributed by atoms with Gasteiger partial charge in [-0.2, -0.15) is 4.98 Å². The first-order valence-electron chi connectivity index (χ1n) is 9.66. The van der Waals surface area contributed by atoms with E-state index in [0.29, 0.717) is 11.5 Å². The molecule has 3 rings (SSSR count). The van der Waals surface area contributed by atoms with Gasteiger partial charge in [-0.15, -0.1) is 0 Å². The van der Waals surface area contributed by atoms with Crippen molar-refractivity contribution >= 4 is 11.1 Å². The van der Waals surface area contributed by atoms with Crippen LogP contribution in [0.15, 0.2) is 57.9 Å². The monoisotopic (exact) mass is 382 g/mol. The molecule has 2 heterocycles. The highest BCUT2D eigenvalue weighted by molar-refractivity contribution is 5.79. The molecule has 3 aromatic rings. The van der Waals surface area contributed by atoms with E-state index < -0.39 is 11.8 Å². The Kier molecular flexibility index (Phi) is 6.79. The van der Waals surface area contributed by atoms with E-state index in [1.54, 1.807) is 12.3 Å². The first kappa shape index (κ1) is 20.0. The summed E-state index contributed by atoms with van der Waals surface area (Å²) in [5.74, 6) is 0.672. The lowest BCUT2D eigenvalue weighted by molar-refractivity contribution is 0.131. The molecule has 0 amide bonds. The van der Waals surface area contributed by atoms with Gasteiger partial charge in [-0.05, 0) is 24.5 Å². The van der Waals surface area contributed by atoms with Crippen molar-refractivity contribution in [3.63, 3.8) is 0 Å². The Morgan fingerprint density at radius 1 is 1.25 bits per heavy atom. The molecule has 1 atom stereocenters. The molecule has 0 aliphatic heterocycles. The molecule has 0 saturated carbocycles. The average molecular weight is 382 g/mol. The summed E-state index contributed by atoms with van der Waals surface area (Å²) in [6.45, 7) is 2.10. The predicted molar refractivity (Wildman–Crippen MR) is 109 cm³/mol. The fourth-order valence-electron chi connectivity index (χ4n) is 3.03. The Bertz CT molecular complexity index is 986. The maximum atomic E-state index is 12.1. The van der Waals surface area contributed by atoms with Gasteiger partial charge in [0.05, 0.1) is 18.1 Å². The normalized spacial score (nSPS) is 12.8. The minimum atomic E-state index is -0.933. The molecule has 148 valence electrons. The van der Waals surface area contributed by atoms with Gasteiger partial charge >= 0.3 is 5.69 Å². The number of aryl methyl sites for hydroxylation is 1. The second kappa shape index (κ2) is 9.48. The molecule has 0 spiro atoms. The van der Waals surface area contributed by atoms with Crippen molar-refractivity contribution < 1.29 is 14.6 Å². The number of aliphatic hydroxyl groups is 2. The summed E-state index contributed by atoms with van der Waals surface area (Å²) in [5.41, 5.74) is 2.13. The zero-order chi connectivity index (χ0) is 19.9. The summed E-state index contributed by atoms with van der Waals surface area (Å²) in [5, 5.41) is 18.9. The van der Waals surface area contributed by atoms with Gasteiger partial charge < -0.3 is 14.6 Å². The number of rotatable bonds is 9. The van der Waals surface area contributed by atoms with E-state index in [9.17, 15) is 9.90 Å². The van der Waals surface area contributed by atoms with E-state index in [1.165, 1.54) is 35.5 Å². The maximum absolute atomic E-state index is 12.1. The predicted octanol–water partition coefficient (Wildman–Crippen LogP) is 3.30. The molecule has 6 nitrogen and oxygen atoms in total. The molecule has 0 saturated heterocycles. The van der Waals surface area contributed by atoms with Crippen molar-refractivity contribution in [1.29, 1.82) is 0 Å². The largest absolute Gasteiger partial charge is 0.437 e. The number of aliphatic hydroxyl groups excluding tert-OH is 2. The number of hydrogen-bond donors (Lipinski definition) is 2. The third-order valence-electron chi connectivity index (χ3n) is 4.63. The van der Waals surface area contributed by atoms with Gasteiger partial charge in [0, 0.05) is 18.3 Å². The molecule has 1 aromatic carbocycles. The van der Waals surface area contributed by atoms with Crippen molar-refractivity contribution in [2.75, 3.05) is 6.61 Å². The van der Waals surface area contributed by atoms with Crippen molar-refractivity contribution in [3.8, 4) is 11.3 Å². The highest BCUT2D eigenvalue weighted by atomic mass is 16.3. The second-order valence-corrected chi connectivity index (χ2v) is 6.88. The molecule has 6 heteroatoms. The van der Waals surface area contributed by atoms with E-state index in [1.807, 2.05) is 18.2 Å². The number of aromatic nitrogens is 2. The van der Waals surface area contributed by atoms with Crippen LogP contribution >= 0.6 is 0 Å². The minimum Gasteiger partial charge on any atom is -0.437 e. The Morgan fingerprint density at radius 3 is 2.75 bits per heavy atom. The van der Waals surface area contributed by atoms with Crippen LogP contribution in [0.4, 0.5) is 0 Å². The number of hydrogen-bond acceptors (Lipinski definition) is 5. The van der Waals surface area contributed by atoms with E-state index in [0.717, 1.165) is 17.4 Å². The lowest BCUT2D eigenvalue weighted by Crippen LogP contribution is -2.21. The molecule has 2 N–H and O–H groups in total. The molecule has 0 radical (unpaired) electrons. The van der Waals surface area contributed by atoms with Gasteiger partial charge in [-0.25, -0.2) is 4.79 Å². The zero-order valence-corrected chi connectivity index (χ0v) is 16.0. The van der Waals surface area contributed by atoms with Gasteiger partial charge in [0.15, 0.2) is 0 Å². The van der Waals surface area contributed by atoms with Crippen LogP contribution in [-0.2, 0) is 13.0 Å². The van der Waals surface area contributed by atoms with Gasteiger partial charge in [0.2, 0.25) is 5.71 Å². The zero-order valence-electron chi connectivity index (χ0n) is 16.0. The van der Waals surface area contributed by atoms with E-state index in [2.05, 4.69) is 24.0 Å². The SMILES string of the molecule is CCCCCc1ccc(-c2cc3cn(C/C=C/C(O)CO)c(=O)nc3o2)cc1. The van der Waals surface area contributed by atoms with Crippen LogP contribution in [-0.4, -0.2) is 32.5 Å². The van der Waals surface area contributed by atoms with Crippen molar-refractivity contribution in [2.24, 2.45) is 0 Å². The topological polar surface area (TPSA) is 88.5 Å². The molecule has 0 bridgehead atoms. The maximum Gasteiger partial charge on any atom is 0.351 e. The highest BCUT2D eigenvalue weighted by Gasteiger charge is 2.10. The molecular formula is C22H26N2O4. The second-order valence-electron chi connectivity index (χ2n) is 6.88. The van der Waals surface area contributed by atoms with Crippen LogP contribution < -0.4 is 5.69 Å². The van der Waals surface area contributed by atoms with Gasteiger partial charge in [0.1, 0.15) is 5.76 Å². The fraction of sp³-hybridized carbons (Fsp3) is 0.364. The van der Waals surface area contributed by atoms with E-state index >= 15 is 0 Å². The third-order valence-corrected chi connectivity index (χ3v) is 4.63. The highest BCUT2D eigenvalue weighted by Crippen LogP contribution is 2.26. The Hall–Kier alpha value is -2.70. The standard InChI is InChI=1S/C22H26N2O4/c1-2-3-4-6-16-8-10-17(11-9-16)20-13-18-14-24(12-5-7-19(26)15-25)22(27)23-21(18)28-20/h5,7-11,13-14,19,25-26H,2-4,6,12,15H2,1H3/b7-5+. The van der Waals surface area contributed by atoms with Crippen LogP contribution in [0.25, 0.3) is 22.4 Å². The Labute approximate surface area is 163 Å². The van der Waals surface area contributed by atoms with Crippen LogP contribution in [0.5, 0.6) is 0 Å². The third kappa shape index (κ3) is 4.97.